The fourth-order valence-corrected chi connectivity index (χ4v) is 2.46. The van der Waals surface area contributed by atoms with E-state index in [-0.39, 0.29) is 11.8 Å². The molecular formula is C16H24N4O2. The topological polar surface area (TPSA) is 65.5 Å². The number of amides is 2. The number of unbranched alkanes of at least 4 members (excludes halogenated alkanes) is 1. The number of pyridine rings is 1. The average Bonchev–Trinajstić information content (AvgIpc) is 2.54. The van der Waals surface area contributed by atoms with E-state index in [1.807, 2.05) is 17.0 Å². The van der Waals surface area contributed by atoms with Crippen molar-refractivity contribution >= 4 is 23.3 Å². The van der Waals surface area contributed by atoms with Crippen molar-refractivity contribution in [2.24, 2.45) is 0 Å². The molecule has 2 rings (SSSR count). The Labute approximate surface area is 131 Å². The van der Waals surface area contributed by atoms with Crippen LogP contribution in [0.2, 0.25) is 0 Å². The Morgan fingerprint density at radius 1 is 1.23 bits per heavy atom. The van der Waals surface area contributed by atoms with Gasteiger partial charge in [0.2, 0.25) is 11.8 Å². The number of nitrogens with zero attached hydrogens (tertiary/aromatic N) is 3. The van der Waals surface area contributed by atoms with E-state index >= 15 is 0 Å². The van der Waals surface area contributed by atoms with Gasteiger partial charge in [0.25, 0.3) is 0 Å². The summed E-state index contributed by atoms with van der Waals surface area (Å²) in [5, 5.41) is 2.86. The van der Waals surface area contributed by atoms with Crippen molar-refractivity contribution in [3.63, 3.8) is 0 Å². The first-order valence-electron chi connectivity index (χ1n) is 7.86. The highest BCUT2D eigenvalue weighted by Crippen LogP contribution is 2.16. The van der Waals surface area contributed by atoms with Gasteiger partial charge in [0.15, 0.2) is 0 Å². The number of carbonyl (C=O) groups excluding carboxylic acids is 2. The average molecular weight is 304 g/mol. The largest absolute Gasteiger partial charge is 0.353 e. The Balaban J connectivity index is 1.87. The van der Waals surface area contributed by atoms with Gasteiger partial charge in [-0.25, -0.2) is 4.98 Å². The third-order valence-electron chi connectivity index (χ3n) is 3.84. The maximum atomic E-state index is 11.7. The molecule has 0 bridgehead atoms. The van der Waals surface area contributed by atoms with Gasteiger partial charge >= 0.3 is 0 Å². The van der Waals surface area contributed by atoms with Crippen LogP contribution >= 0.6 is 0 Å². The van der Waals surface area contributed by atoms with Crippen LogP contribution in [-0.2, 0) is 9.59 Å². The molecule has 0 atom stereocenters. The zero-order valence-corrected chi connectivity index (χ0v) is 13.3. The number of aromatic nitrogens is 1. The molecule has 2 amide bonds. The smallest absolute Gasteiger partial charge is 0.224 e. The van der Waals surface area contributed by atoms with Crippen LogP contribution in [0.15, 0.2) is 18.3 Å². The highest BCUT2D eigenvalue weighted by molar-refractivity contribution is 5.90. The number of piperazine rings is 1. The lowest BCUT2D eigenvalue weighted by Crippen LogP contribution is -2.48. The summed E-state index contributed by atoms with van der Waals surface area (Å²) in [6.07, 6.45) is 4.15. The molecule has 1 aliphatic heterocycles. The Morgan fingerprint density at radius 2 is 1.95 bits per heavy atom. The van der Waals surface area contributed by atoms with Gasteiger partial charge in [0.1, 0.15) is 5.82 Å². The number of rotatable bonds is 5. The van der Waals surface area contributed by atoms with Crippen LogP contribution in [0.25, 0.3) is 0 Å². The number of hydrogen-bond donors (Lipinski definition) is 1. The van der Waals surface area contributed by atoms with E-state index in [9.17, 15) is 9.59 Å². The molecule has 1 fully saturated rings. The van der Waals surface area contributed by atoms with Gasteiger partial charge in [-0.05, 0) is 18.6 Å². The molecule has 0 radical (unpaired) electrons. The second-order valence-corrected chi connectivity index (χ2v) is 5.55. The van der Waals surface area contributed by atoms with Crippen LogP contribution in [-0.4, -0.2) is 47.9 Å². The van der Waals surface area contributed by atoms with E-state index in [4.69, 9.17) is 0 Å². The van der Waals surface area contributed by atoms with Crippen LogP contribution in [0.3, 0.4) is 0 Å². The number of hydrogen-bond acceptors (Lipinski definition) is 4. The zero-order valence-electron chi connectivity index (χ0n) is 13.3. The summed E-state index contributed by atoms with van der Waals surface area (Å²) >= 11 is 0. The molecule has 0 aliphatic carbocycles. The van der Waals surface area contributed by atoms with Crippen LogP contribution in [0.4, 0.5) is 11.5 Å². The van der Waals surface area contributed by atoms with Gasteiger partial charge in [-0.1, -0.05) is 13.3 Å². The fourth-order valence-electron chi connectivity index (χ4n) is 2.46. The van der Waals surface area contributed by atoms with Crippen molar-refractivity contribution in [1.29, 1.82) is 0 Å². The van der Waals surface area contributed by atoms with Gasteiger partial charge < -0.3 is 15.1 Å². The Kier molecular flexibility index (Phi) is 5.75. The van der Waals surface area contributed by atoms with Crippen LogP contribution in [0.5, 0.6) is 0 Å². The van der Waals surface area contributed by atoms with Crippen molar-refractivity contribution in [2.75, 3.05) is 36.4 Å². The van der Waals surface area contributed by atoms with E-state index < -0.39 is 0 Å². The Morgan fingerprint density at radius 3 is 2.50 bits per heavy atom. The minimum atomic E-state index is 0.0338. The first-order chi connectivity index (χ1) is 10.6. The van der Waals surface area contributed by atoms with Gasteiger partial charge in [0.05, 0.1) is 11.9 Å². The summed E-state index contributed by atoms with van der Waals surface area (Å²) in [7, 11) is 0. The molecule has 120 valence electrons. The first kappa shape index (κ1) is 16.3. The van der Waals surface area contributed by atoms with Gasteiger partial charge in [0, 0.05) is 39.5 Å². The Hall–Kier alpha value is -2.11. The van der Waals surface area contributed by atoms with Crippen LogP contribution < -0.4 is 10.2 Å². The van der Waals surface area contributed by atoms with E-state index in [1.54, 1.807) is 13.1 Å². The third-order valence-corrected chi connectivity index (χ3v) is 3.84. The standard InChI is InChI=1S/C16H24N4O2/c1-3-4-5-16(22)18-14-6-7-15(17-12-14)20-10-8-19(9-11-20)13(2)21/h6-7,12H,3-5,8-11H2,1-2H3,(H,18,22). The van der Waals surface area contributed by atoms with Gasteiger partial charge in [-0.3, -0.25) is 9.59 Å². The summed E-state index contributed by atoms with van der Waals surface area (Å²) in [5.41, 5.74) is 0.729. The summed E-state index contributed by atoms with van der Waals surface area (Å²) in [4.78, 5) is 31.4. The van der Waals surface area contributed by atoms with E-state index in [2.05, 4.69) is 22.1 Å². The van der Waals surface area contributed by atoms with E-state index in [0.717, 1.165) is 50.5 Å². The minimum absolute atomic E-state index is 0.0338. The van der Waals surface area contributed by atoms with Crippen LogP contribution in [0, 0.1) is 0 Å². The van der Waals surface area contributed by atoms with E-state index in [0.29, 0.717) is 6.42 Å². The fraction of sp³-hybridized carbons (Fsp3) is 0.562. The van der Waals surface area contributed by atoms with Crippen molar-refractivity contribution in [3.8, 4) is 0 Å². The number of nitrogens with one attached hydrogen (secondary N) is 1. The molecule has 1 aromatic rings. The highest BCUT2D eigenvalue weighted by atomic mass is 16.2. The molecule has 6 heteroatoms. The molecule has 0 spiro atoms. The molecular weight excluding hydrogens is 280 g/mol. The maximum absolute atomic E-state index is 11.7. The molecule has 6 nitrogen and oxygen atoms in total. The molecule has 1 aromatic heterocycles. The lowest BCUT2D eigenvalue weighted by Gasteiger charge is -2.34. The lowest BCUT2D eigenvalue weighted by atomic mass is 10.2. The number of carbonyl (C=O) groups is 2. The molecule has 1 N–H and O–H groups in total. The highest BCUT2D eigenvalue weighted by Gasteiger charge is 2.19. The zero-order chi connectivity index (χ0) is 15.9. The van der Waals surface area contributed by atoms with Crippen LogP contribution in [0.1, 0.15) is 33.1 Å². The van der Waals surface area contributed by atoms with Gasteiger partial charge in [-0.2, -0.15) is 0 Å². The summed E-state index contributed by atoms with van der Waals surface area (Å²) < 4.78 is 0. The predicted molar refractivity (Wildman–Crippen MR) is 86.9 cm³/mol. The summed E-state index contributed by atoms with van der Waals surface area (Å²) in [6, 6.07) is 3.79. The molecule has 22 heavy (non-hydrogen) atoms. The van der Waals surface area contributed by atoms with Crippen molar-refractivity contribution < 1.29 is 9.59 Å². The van der Waals surface area contributed by atoms with E-state index in [1.165, 1.54) is 0 Å². The molecule has 1 aliphatic rings. The molecule has 2 heterocycles. The minimum Gasteiger partial charge on any atom is -0.353 e. The molecule has 0 unspecified atom stereocenters. The molecule has 0 saturated carbocycles. The predicted octanol–water partition coefficient (Wildman–Crippen LogP) is 1.88. The monoisotopic (exact) mass is 304 g/mol. The second-order valence-electron chi connectivity index (χ2n) is 5.55. The SMILES string of the molecule is CCCCC(=O)Nc1ccc(N2CCN(C(C)=O)CC2)nc1. The van der Waals surface area contributed by atoms with Crippen molar-refractivity contribution in [2.45, 2.75) is 33.1 Å². The molecule has 1 saturated heterocycles. The quantitative estimate of drug-likeness (QED) is 0.902. The molecule has 0 aromatic carbocycles. The van der Waals surface area contributed by atoms with Crippen molar-refractivity contribution in [3.05, 3.63) is 18.3 Å². The lowest BCUT2D eigenvalue weighted by molar-refractivity contribution is -0.129. The third kappa shape index (κ3) is 4.44. The number of anilines is 2. The second kappa shape index (κ2) is 7.77. The first-order valence-corrected chi connectivity index (χ1v) is 7.86. The van der Waals surface area contributed by atoms with Crippen molar-refractivity contribution in [1.82, 2.24) is 9.88 Å². The van der Waals surface area contributed by atoms with Gasteiger partial charge in [-0.15, -0.1) is 0 Å². The summed E-state index contributed by atoms with van der Waals surface area (Å²) in [6.45, 7) is 6.70. The maximum Gasteiger partial charge on any atom is 0.224 e. The summed E-state index contributed by atoms with van der Waals surface area (Å²) in [5.74, 6) is 1.04. The Bertz CT molecular complexity index is 507. The normalized spacial score (nSPS) is 14.8.